The second kappa shape index (κ2) is 7.90. The van der Waals surface area contributed by atoms with Crippen LogP contribution in [0.15, 0.2) is 54.6 Å². The highest BCUT2D eigenvalue weighted by atomic mass is 16.6. The van der Waals surface area contributed by atoms with Gasteiger partial charge in [-0.1, -0.05) is 54.6 Å². The van der Waals surface area contributed by atoms with E-state index in [9.17, 15) is 4.79 Å². The summed E-state index contributed by atoms with van der Waals surface area (Å²) in [4.78, 5) is 24.3. The van der Waals surface area contributed by atoms with Crippen LogP contribution in [0.5, 0.6) is 0 Å². The minimum atomic E-state index is -0.524. The van der Waals surface area contributed by atoms with Crippen molar-refractivity contribution in [1.29, 1.82) is 0 Å². The first kappa shape index (κ1) is 20.1. The van der Waals surface area contributed by atoms with E-state index in [-0.39, 0.29) is 6.09 Å². The molecule has 0 spiro atoms. The van der Waals surface area contributed by atoms with Crippen LogP contribution < -0.4 is 0 Å². The number of rotatable bonds is 2. The van der Waals surface area contributed by atoms with Gasteiger partial charge in [0.05, 0.1) is 17.9 Å². The molecule has 30 heavy (non-hydrogen) atoms. The lowest BCUT2D eigenvalue weighted by molar-refractivity contribution is 0.0223. The van der Waals surface area contributed by atoms with Crippen molar-refractivity contribution in [3.63, 3.8) is 0 Å². The van der Waals surface area contributed by atoms with Crippen molar-refractivity contribution in [1.82, 2.24) is 14.9 Å². The Bertz CT molecular complexity index is 1070. The van der Waals surface area contributed by atoms with Crippen LogP contribution in [0, 0.1) is 6.92 Å². The van der Waals surface area contributed by atoms with E-state index in [1.807, 2.05) is 63.2 Å². The third kappa shape index (κ3) is 4.20. The van der Waals surface area contributed by atoms with E-state index >= 15 is 0 Å². The van der Waals surface area contributed by atoms with E-state index < -0.39 is 5.60 Å². The SMILES string of the molecule is Cc1ccccc1-c1nc(-c2ccccc2)nc2c1CN(C(=O)OC(C)(C)C)CC2. The molecule has 0 atom stereocenters. The van der Waals surface area contributed by atoms with Crippen molar-refractivity contribution in [2.24, 2.45) is 0 Å². The summed E-state index contributed by atoms with van der Waals surface area (Å²) >= 11 is 0. The van der Waals surface area contributed by atoms with E-state index in [4.69, 9.17) is 14.7 Å². The summed E-state index contributed by atoms with van der Waals surface area (Å²) < 4.78 is 5.60. The smallest absolute Gasteiger partial charge is 0.410 e. The van der Waals surface area contributed by atoms with Crippen LogP contribution in [0.2, 0.25) is 0 Å². The lowest BCUT2D eigenvalue weighted by Gasteiger charge is -2.32. The maximum absolute atomic E-state index is 12.7. The minimum absolute atomic E-state index is 0.295. The van der Waals surface area contributed by atoms with Crippen LogP contribution in [0.4, 0.5) is 4.79 Å². The molecule has 2 aromatic carbocycles. The number of nitrogens with zero attached hydrogens (tertiary/aromatic N) is 3. The van der Waals surface area contributed by atoms with Crippen LogP contribution >= 0.6 is 0 Å². The normalized spacial score (nSPS) is 13.7. The second-order valence-corrected chi connectivity index (χ2v) is 8.65. The average Bonchev–Trinajstić information content (AvgIpc) is 2.72. The molecule has 0 radical (unpaired) electrons. The zero-order chi connectivity index (χ0) is 21.3. The molecular formula is C25H27N3O2. The first-order chi connectivity index (χ1) is 14.3. The number of benzene rings is 2. The Balaban J connectivity index is 1.80. The Morgan fingerprint density at radius 1 is 1.00 bits per heavy atom. The van der Waals surface area contributed by atoms with Gasteiger partial charge in [-0.05, 0) is 33.3 Å². The van der Waals surface area contributed by atoms with Crippen LogP contribution in [0.3, 0.4) is 0 Å². The molecule has 1 aliphatic heterocycles. The number of amides is 1. The largest absolute Gasteiger partial charge is 0.444 e. The van der Waals surface area contributed by atoms with Crippen molar-refractivity contribution < 1.29 is 9.53 Å². The molecule has 2 heterocycles. The van der Waals surface area contributed by atoms with Gasteiger partial charge in [-0.15, -0.1) is 0 Å². The molecule has 5 heteroatoms. The van der Waals surface area contributed by atoms with Crippen molar-refractivity contribution in [2.75, 3.05) is 6.54 Å². The molecule has 154 valence electrons. The molecule has 4 rings (SSSR count). The molecule has 0 fully saturated rings. The van der Waals surface area contributed by atoms with Crippen molar-refractivity contribution in [3.05, 3.63) is 71.4 Å². The number of carbonyl (C=O) groups excluding carboxylic acids is 1. The topological polar surface area (TPSA) is 55.3 Å². The second-order valence-electron chi connectivity index (χ2n) is 8.65. The van der Waals surface area contributed by atoms with E-state index in [2.05, 4.69) is 19.1 Å². The fourth-order valence-corrected chi connectivity index (χ4v) is 3.67. The Morgan fingerprint density at radius 3 is 2.40 bits per heavy atom. The maximum atomic E-state index is 12.7. The summed E-state index contributed by atoms with van der Waals surface area (Å²) in [6, 6.07) is 18.2. The summed E-state index contributed by atoms with van der Waals surface area (Å²) in [6.45, 7) is 8.77. The first-order valence-electron chi connectivity index (χ1n) is 10.3. The van der Waals surface area contributed by atoms with Crippen LogP contribution in [0.25, 0.3) is 22.6 Å². The van der Waals surface area contributed by atoms with Gasteiger partial charge in [0, 0.05) is 29.7 Å². The Hall–Kier alpha value is -3.21. The van der Waals surface area contributed by atoms with Gasteiger partial charge in [0.2, 0.25) is 0 Å². The van der Waals surface area contributed by atoms with Crippen LogP contribution in [-0.2, 0) is 17.7 Å². The summed E-state index contributed by atoms with van der Waals surface area (Å²) in [7, 11) is 0. The monoisotopic (exact) mass is 401 g/mol. The molecule has 1 aliphatic rings. The van der Waals surface area contributed by atoms with Gasteiger partial charge in [0.1, 0.15) is 5.60 Å². The molecule has 0 N–H and O–H groups in total. The number of hydrogen-bond acceptors (Lipinski definition) is 4. The van der Waals surface area contributed by atoms with Gasteiger partial charge in [-0.2, -0.15) is 0 Å². The predicted octanol–water partition coefficient (Wildman–Crippen LogP) is 5.41. The number of ether oxygens (including phenoxy) is 1. The number of aryl methyl sites for hydroxylation is 1. The number of hydrogen-bond donors (Lipinski definition) is 0. The van der Waals surface area contributed by atoms with E-state index in [0.29, 0.717) is 19.5 Å². The van der Waals surface area contributed by atoms with E-state index in [1.54, 1.807) is 4.90 Å². The molecule has 3 aromatic rings. The zero-order valence-electron chi connectivity index (χ0n) is 18.0. The van der Waals surface area contributed by atoms with E-state index in [0.717, 1.165) is 39.5 Å². The molecule has 0 saturated carbocycles. The van der Waals surface area contributed by atoms with Gasteiger partial charge < -0.3 is 9.64 Å². The van der Waals surface area contributed by atoms with Gasteiger partial charge in [0.25, 0.3) is 0 Å². The third-order valence-electron chi connectivity index (χ3n) is 5.14. The molecule has 1 aromatic heterocycles. The Labute approximate surface area is 177 Å². The summed E-state index contributed by atoms with van der Waals surface area (Å²) in [6.07, 6.45) is 0.381. The Kier molecular flexibility index (Phi) is 5.29. The fourth-order valence-electron chi connectivity index (χ4n) is 3.67. The highest BCUT2D eigenvalue weighted by Gasteiger charge is 2.29. The first-order valence-corrected chi connectivity index (χ1v) is 10.3. The molecule has 5 nitrogen and oxygen atoms in total. The average molecular weight is 402 g/mol. The van der Waals surface area contributed by atoms with E-state index in [1.165, 1.54) is 0 Å². The number of carbonyl (C=O) groups is 1. The van der Waals surface area contributed by atoms with Crippen LogP contribution in [0.1, 0.15) is 37.6 Å². The molecule has 0 aliphatic carbocycles. The van der Waals surface area contributed by atoms with Gasteiger partial charge in [-0.25, -0.2) is 14.8 Å². The molecule has 0 saturated heterocycles. The lowest BCUT2D eigenvalue weighted by Crippen LogP contribution is -2.40. The molecule has 0 bridgehead atoms. The van der Waals surface area contributed by atoms with Gasteiger partial charge in [-0.3, -0.25) is 0 Å². The quantitative estimate of drug-likeness (QED) is 0.576. The van der Waals surface area contributed by atoms with Crippen molar-refractivity contribution >= 4 is 6.09 Å². The zero-order valence-corrected chi connectivity index (χ0v) is 18.0. The fraction of sp³-hybridized carbons (Fsp3) is 0.320. The van der Waals surface area contributed by atoms with Crippen LogP contribution in [-0.4, -0.2) is 33.1 Å². The van der Waals surface area contributed by atoms with Gasteiger partial charge >= 0.3 is 6.09 Å². The highest BCUT2D eigenvalue weighted by molar-refractivity contribution is 5.73. The molecule has 0 unspecified atom stereocenters. The maximum Gasteiger partial charge on any atom is 0.410 e. The molecule has 1 amide bonds. The number of aromatic nitrogens is 2. The highest BCUT2D eigenvalue weighted by Crippen LogP contribution is 2.32. The number of fused-ring (bicyclic) bond motifs is 1. The third-order valence-corrected chi connectivity index (χ3v) is 5.14. The minimum Gasteiger partial charge on any atom is -0.444 e. The molecular weight excluding hydrogens is 374 g/mol. The van der Waals surface area contributed by atoms with Crippen molar-refractivity contribution in [2.45, 2.75) is 46.3 Å². The van der Waals surface area contributed by atoms with Crippen molar-refractivity contribution in [3.8, 4) is 22.6 Å². The predicted molar refractivity (Wildman–Crippen MR) is 118 cm³/mol. The Morgan fingerprint density at radius 2 is 1.70 bits per heavy atom. The lowest BCUT2D eigenvalue weighted by atomic mass is 9.96. The summed E-state index contributed by atoms with van der Waals surface area (Å²) in [5, 5.41) is 0. The summed E-state index contributed by atoms with van der Waals surface area (Å²) in [5.74, 6) is 0.721. The summed E-state index contributed by atoms with van der Waals surface area (Å²) in [5.41, 5.74) is 5.58. The standard InChI is InChI=1S/C25H27N3O2/c1-17-10-8-9-13-19(17)22-20-16-28(24(29)30-25(2,3)4)15-14-21(20)26-23(27-22)18-11-6-5-7-12-18/h5-13H,14-16H2,1-4H3. The van der Waals surface area contributed by atoms with Gasteiger partial charge in [0.15, 0.2) is 5.82 Å².